The average molecular weight is 890 g/mol. The second kappa shape index (κ2) is 30.3. The van der Waals surface area contributed by atoms with Gasteiger partial charge in [-0.25, -0.2) is 0 Å². The SMILES string of the molecule is CCCC[N+]1(CCCCCCCCC[N+]2(CCCC)CCCC2)CCCC1.C[N+]1(CCCCCCCCC[N+]2(C)CCCC2)CCCC1.C[N+]1(CCC[N+]2(C)CCCC2)CCCC1. The molecule has 0 amide bonds. The van der Waals surface area contributed by atoms with Crippen LogP contribution in [0.25, 0.3) is 0 Å². The molecule has 6 heteroatoms. The first-order valence-electron chi connectivity index (χ1n) is 29.5. The van der Waals surface area contributed by atoms with Crippen molar-refractivity contribution in [2.45, 2.75) is 213 Å². The minimum absolute atomic E-state index is 1.36. The van der Waals surface area contributed by atoms with Gasteiger partial charge in [0.2, 0.25) is 0 Å². The zero-order chi connectivity index (χ0) is 45.1. The van der Waals surface area contributed by atoms with E-state index in [-0.39, 0.29) is 0 Å². The maximum atomic E-state index is 2.47. The van der Waals surface area contributed by atoms with E-state index < -0.39 is 0 Å². The third-order valence-corrected chi connectivity index (χ3v) is 18.6. The van der Waals surface area contributed by atoms with Gasteiger partial charge in [-0.05, 0) is 64.2 Å². The summed E-state index contributed by atoms with van der Waals surface area (Å²) in [6, 6.07) is 0. The van der Waals surface area contributed by atoms with Gasteiger partial charge in [0.25, 0.3) is 0 Å². The molecular formula is C57H120N6+6. The van der Waals surface area contributed by atoms with Crippen LogP contribution in [-0.4, -0.2) is 186 Å². The molecule has 6 aliphatic rings. The van der Waals surface area contributed by atoms with Crippen LogP contribution in [0.2, 0.25) is 0 Å². The predicted molar refractivity (Wildman–Crippen MR) is 277 cm³/mol. The molecule has 0 aromatic carbocycles. The molecule has 0 saturated carbocycles. The highest BCUT2D eigenvalue weighted by atomic mass is 15.4. The Balaban J connectivity index is 0.000000216. The van der Waals surface area contributed by atoms with Gasteiger partial charge < -0.3 is 26.9 Å². The number of unbranched alkanes of at least 4 members (excludes halogenated alkanes) is 14. The topological polar surface area (TPSA) is 0 Å². The van der Waals surface area contributed by atoms with Gasteiger partial charge in [0.05, 0.1) is 159 Å². The molecule has 6 nitrogen and oxygen atoms in total. The van der Waals surface area contributed by atoms with Gasteiger partial charge in [0, 0.05) is 83.5 Å². The minimum Gasteiger partial charge on any atom is -0.326 e. The van der Waals surface area contributed by atoms with Gasteiger partial charge in [-0.15, -0.1) is 0 Å². The Morgan fingerprint density at radius 1 is 0.206 bits per heavy atom. The van der Waals surface area contributed by atoms with Crippen molar-refractivity contribution in [1.29, 1.82) is 0 Å². The van der Waals surface area contributed by atoms with E-state index in [4.69, 9.17) is 0 Å². The highest BCUT2D eigenvalue weighted by molar-refractivity contribution is 4.60. The molecule has 0 atom stereocenters. The van der Waals surface area contributed by atoms with Gasteiger partial charge >= 0.3 is 0 Å². The molecular weight excluding hydrogens is 769 g/mol. The van der Waals surface area contributed by atoms with E-state index in [1.165, 1.54) is 357 Å². The second-order valence-corrected chi connectivity index (χ2v) is 24.9. The summed E-state index contributed by atoms with van der Waals surface area (Å²) in [5.74, 6) is 0. The molecule has 0 spiro atoms. The van der Waals surface area contributed by atoms with Gasteiger partial charge in [0.15, 0.2) is 0 Å². The molecule has 0 aromatic heterocycles. The van der Waals surface area contributed by atoms with E-state index in [0.717, 1.165) is 0 Å². The van der Waals surface area contributed by atoms with Crippen molar-refractivity contribution in [2.75, 3.05) is 159 Å². The summed E-state index contributed by atoms with van der Waals surface area (Å²) in [7, 11) is 9.84. The summed E-state index contributed by atoms with van der Waals surface area (Å²) in [4.78, 5) is 0. The number of rotatable bonds is 30. The first-order valence-corrected chi connectivity index (χ1v) is 29.5. The van der Waals surface area contributed by atoms with Crippen LogP contribution in [0.15, 0.2) is 0 Å². The standard InChI is InChI=1S/C25H52N2.C19H40N2.C13H28N2/c1-3-5-18-26(22-14-15-23-26)20-12-10-8-7-9-11-13-21-27(19-6-4-2)24-16-17-25-27;1-20(16-10-11-17-20)14-8-6-4-3-5-7-9-15-21(2)18-12-13-19-21;1-14(8-3-4-9-14)12-7-13-15(2)10-5-6-11-15/h3-25H2,1-2H3;3-19H2,1-2H3;3-13H2,1-2H3/q3*+2. The third-order valence-electron chi connectivity index (χ3n) is 18.6. The molecule has 0 aromatic rings. The van der Waals surface area contributed by atoms with Gasteiger partial charge in [-0.2, -0.15) is 0 Å². The molecule has 0 unspecified atom stereocenters. The van der Waals surface area contributed by atoms with E-state index in [1.807, 2.05) is 0 Å². The first-order chi connectivity index (χ1) is 30.5. The lowest BCUT2D eigenvalue weighted by Gasteiger charge is -2.34. The van der Waals surface area contributed by atoms with Gasteiger partial charge in [0.1, 0.15) is 0 Å². The predicted octanol–water partition coefficient (Wildman–Crippen LogP) is 12.6. The lowest BCUT2D eigenvalue weighted by molar-refractivity contribution is -0.917. The van der Waals surface area contributed by atoms with E-state index in [9.17, 15) is 0 Å². The van der Waals surface area contributed by atoms with Crippen LogP contribution in [-0.2, 0) is 0 Å². The number of nitrogens with zero attached hydrogens (tertiary/aromatic N) is 6. The van der Waals surface area contributed by atoms with Crippen LogP contribution in [0.3, 0.4) is 0 Å². The quantitative estimate of drug-likeness (QED) is 0.0498. The fourth-order valence-electron chi connectivity index (χ4n) is 13.9. The normalized spacial score (nSPS) is 23.7. The second-order valence-electron chi connectivity index (χ2n) is 24.9. The summed E-state index contributed by atoms with van der Waals surface area (Å²) in [5, 5.41) is 0. The van der Waals surface area contributed by atoms with E-state index in [0.29, 0.717) is 0 Å². The van der Waals surface area contributed by atoms with Crippen LogP contribution in [0.4, 0.5) is 0 Å². The molecule has 6 fully saturated rings. The number of hydrogen-bond donors (Lipinski definition) is 0. The molecule has 6 rings (SSSR count). The smallest absolute Gasteiger partial charge is 0.0838 e. The monoisotopic (exact) mass is 889 g/mol. The van der Waals surface area contributed by atoms with Crippen molar-refractivity contribution < 1.29 is 26.9 Å². The largest absolute Gasteiger partial charge is 0.326 e. The number of hydrogen-bond acceptors (Lipinski definition) is 0. The fourth-order valence-corrected chi connectivity index (χ4v) is 13.9. The molecule has 0 radical (unpaired) electrons. The summed E-state index contributed by atoms with van der Waals surface area (Å²) in [5.41, 5.74) is 0. The van der Waals surface area contributed by atoms with Crippen LogP contribution in [0, 0.1) is 0 Å². The molecule has 0 N–H and O–H groups in total. The lowest BCUT2D eigenvalue weighted by atomic mass is 10.1. The maximum absolute atomic E-state index is 2.47. The van der Waals surface area contributed by atoms with Crippen LogP contribution >= 0.6 is 0 Å². The summed E-state index contributed by atoms with van der Waals surface area (Å²) < 4.78 is 8.42. The molecule has 372 valence electrons. The summed E-state index contributed by atoms with van der Waals surface area (Å²) in [6.45, 7) is 33.8. The van der Waals surface area contributed by atoms with E-state index in [1.54, 1.807) is 0 Å². The first kappa shape index (κ1) is 55.4. The highest BCUT2D eigenvalue weighted by Gasteiger charge is 2.33. The Morgan fingerprint density at radius 3 is 0.651 bits per heavy atom. The molecule has 6 heterocycles. The summed E-state index contributed by atoms with van der Waals surface area (Å²) >= 11 is 0. The Morgan fingerprint density at radius 2 is 0.397 bits per heavy atom. The van der Waals surface area contributed by atoms with Crippen LogP contribution < -0.4 is 0 Å². The van der Waals surface area contributed by atoms with Crippen molar-refractivity contribution in [3.05, 3.63) is 0 Å². The minimum atomic E-state index is 1.36. The van der Waals surface area contributed by atoms with Crippen molar-refractivity contribution in [1.82, 2.24) is 0 Å². The van der Waals surface area contributed by atoms with E-state index in [2.05, 4.69) is 42.0 Å². The molecule has 6 aliphatic heterocycles. The van der Waals surface area contributed by atoms with Gasteiger partial charge in [-0.1, -0.05) is 65.2 Å². The number of quaternary nitrogens is 6. The number of likely N-dealkylation sites (tertiary alicyclic amines) is 6. The summed E-state index contributed by atoms with van der Waals surface area (Å²) in [6.07, 6.45) is 45.5. The Hall–Kier alpha value is -0.240. The van der Waals surface area contributed by atoms with Crippen molar-refractivity contribution in [3.63, 3.8) is 0 Å². The Labute approximate surface area is 397 Å². The Bertz CT molecular complexity index is 1020. The molecule has 0 aliphatic carbocycles. The molecule has 63 heavy (non-hydrogen) atoms. The Kier molecular flexibility index (Phi) is 26.6. The zero-order valence-electron chi connectivity index (χ0n) is 44.7. The van der Waals surface area contributed by atoms with Crippen LogP contribution in [0.1, 0.15) is 213 Å². The van der Waals surface area contributed by atoms with Crippen molar-refractivity contribution >= 4 is 0 Å². The fraction of sp³-hybridized carbons (Fsp3) is 1.00. The third kappa shape index (κ3) is 22.2. The maximum Gasteiger partial charge on any atom is 0.0838 e. The molecule has 6 saturated heterocycles. The molecule has 0 bridgehead atoms. The van der Waals surface area contributed by atoms with E-state index >= 15 is 0 Å². The average Bonchev–Trinajstić information content (AvgIpc) is 4.15. The highest BCUT2D eigenvalue weighted by Crippen LogP contribution is 2.25. The zero-order valence-corrected chi connectivity index (χ0v) is 44.7. The van der Waals surface area contributed by atoms with Gasteiger partial charge in [-0.3, -0.25) is 0 Å². The van der Waals surface area contributed by atoms with Crippen LogP contribution in [0.5, 0.6) is 0 Å². The lowest BCUT2D eigenvalue weighted by Crippen LogP contribution is -2.46. The van der Waals surface area contributed by atoms with Crippen molar-refractivity contribution in [2.24, 2.45) is 0 Å². The van der Waals surface area contributed by atoms with Crippen molar-refractivity contribution in [3.8, 4) is 0 Å².